The summed E-state index contributed by atoms with van der Waals surface area (Å²) < 4.78 is 49.7. The summed E-state index contributed by atoms with van der Waals surface area (Å²) in [5.41, 5.74) is 0. The van der Waals surface area contributed by atoms with E-state index in [4.69, 9.17) is 18.1 Å². The molecule has 0 aromatic rings. The Bertz CT molecular complexity index is 674. The summed E-state index contributed by atoms with van der Waals surface area (Å²) in [6.07, 6.45) is 23.2. The van der Waals surface area contributed by atoms with Crippen LogP contribution < -0.4 is 0 Å². The molecular formula is C33H73N2O6P2+. The van der Waals surface area contributed by atoms with E-state index in [0.717, 1.165) is 24.0 Å². The van der Waals surface area contributed by atoms with E-state index < -0.39 is 15.2 Å². The van der Waals surface area contributed by atoms with Gasteiger partial charge in [-0.3, -0.25) is 14.0 Å². The van der Waals surface area contributed by atoms with Gasteiger partial charge in [0.2, 0.25) is 0 Å². The van der Waals surface area contributed by atoms with Crippen molar-refractivity contribution in [3.8, 4) is 0 Å². The van der Waals surface area contributed by atoms with Crippen molar-refractivity contribution in [2.24, 2.45) is 0 Å². The number of rotatable bonds is 33. The predicted molar refractivity (Wildman–Crippen MR) is 184 cm³/mol. The van der Waals surface area contributed by atoms with Crippen molar-refractivity contribution in [2.45, 2.75) is 144 Å². The molecule has 260 valence electrons. The Kier molecular flexibility index (Phi) is 27.5. The fourth-order valence-electron chi connectivity index (χ4n) is 5.62. The summed E-state index contributed by atoms with van der Waals surface area (Å²) in [7, 11) is -2.11. The van der Waals surface area contributed by atoms with Crippen LogP contribution in [0.5, 0.6) is 0 Å². The second kappa shape index (κ2) is 27.3. The van der Waals surface area contributed by atoms with Gasteiger partial charge in [-0.1, -0.05) is 96.8 Å². The third-order valence-corrected chi connectivity index (χ3v) is 12.0. The number of unbranched alkanes of at least 4 members (excludes halogenated alkanes) is 15. The van der Waals surface area contributed by atoms with Crippen molar-refractivity contribution >= 4 is 15.2 Å². The van der Waals surface area contributed by atoms with Gasteiger partial charge in [-0.2, -0.15) is 0 Å². The average molecular weight is 656 g/mol. The van der Waals surface area contributed by atoms with Crippen molar-refractivity contribution < 1.29 is 31.7 Å². The molecule has 43 heavy (non-hydrogen) atoms. The van der Waals surface area contributed by atoms with Crippen LogP contribution in [0.3, 0.4) is 0 Å². The van der Waals surface area contributed by atoms with Gasteiger partial charge in [-0.25, -0.2) is 0 Å². The van der Waals surface area contributed by atoms with Crippen LogP contribution in [0.4, 0.5) is 0 Å². The molecule has 0 spiro atoms. The molecule has 0 aliphatic rings. The van der Waals surface area contributed by atoms with Gasteiger partial charge in [0.15, 0.2) is 0 Å². The first-order valence-corrected chi connectivity index (χ1v) is 21.3. The lowest BCUT2D eigenvalue weighted by Gasteiger charge is -2.32. The highest BCUT2D eigenvalue weighted by atomic mass is 31.2. The van der Waals surface area contributed by atoms with Crippen LogP contribution in [-0.2, 0) is 27.2 Å². The highest BCUT2D eigenvalue weighted by Crippen LogP contribution is 2.53. The van der Waals surface area contributed by atoms with E-state index in [1.165, 1.54) is 103 Å². The molecule has 10 heteroatoms. The van der Waals surface area contributed by atoms with Crippen LogP contribution in [-0.4, -0.2) is 82.1 Å². The summed E-state index contributed by atoms with van der Waals surface area (Å²) in [5.74, 6) is 0. The molecule has 0 radical (unpaired) electrons. The molecule has 0 saturated heterocycles. The Morgan fingerprint density at radius 1 is 0.465 bits per heavy atom. The van der Waals surface area contributed by atoms with Crippen molar-refractivity contribution in [3.05, 3.63) is 0 Å². The first-order valence-electron chi connectivity index (χ1n) is 17.9. The first kappa shape index (κ1) is 43.2. The number of quaternary nitrogens is 1. The highest BCUT2D eigenvalue weighted by Gasteiger charge is 2.33. The van der Waals surface area contributed by atoms with Gasteiger partial charge >= 0.3 is 15.2 Å². The summed E-state index contributed by atoms with van der Waals surface area (Å²) in [4.78, 5) is 1.90. The summed E-state index contributed by atoms with van der Waals surface area (Å²) in [6.45, 7) is 13.4. The lowest BCUT2D eigenvalue weighted by atomic mass is 10.0. The van der Waals surface area contributed by atoms with E-state index >= 15 is 0 Å². The largest absolute Gasteiger partial charge is 0.344 e. The molecule has 8 nitrogen and oxygen atoms in total. The maximum absolute atomic E-state index is 13.3. The Balaban J connectivity index is 4.36. The minimum absolute atomic E-state index is 0.0748. The van der Waals surface area contributed by atoms with Crippen molar-refractivity contribution in [1.29, 1.82) is 0 Å². The van der Waals surface area contributed by atoms with Gasteiger partial charge < -0.3 is 22.6 Å². The van der Waals surface area contributed by atoms with E-state index in [2.05, 4.69) is 21.0 Å². The zero-order valence-corrected chi connectivity index (χ0v) is 31.4. The number of hydrogen-bond acceptors (Lipinski definition) is 7. The van der Waals surface area contributed by atoms with Gasteiger partial charge in [0.05, 0.1) is 53.6 Å². The standard InChI is InChI=1S/C33H73N2O6P2/c1-8-13-14-15-16-17-18-19-20-21-22-23-24-25-26-27-30-35(6,7)31-28-29-34(32-42(36,38-9-2)39-10-3)33-43(37,40-11-4)41-12-5/h8-33H2,1-7H3/q+1. The number of nitrogens with zero attached hydrogens (tertiary/aromatic N) is 2. The van der Waals surface area contributed by atoms with Crippen molar-refractivity contribution in [3.63, 3.8) is 0 Å². The van der Waals surface area contributed by atoms with E-state index in [9.17, 15) is 9.13 Å². The third kappa shape index (κ3) is 25.0. The Hall–Kier alpha value is 0.220. The molecule has 0 saturated carbocycles. The van der Waals surface area contributed by atoms with Crippen molar-refractivity contribution in [2.75, 3.05) is 72.7 Å². The Morgan fingerprint density at radius 3 is 1.09 bits per heavy atom. The predicted octanol–water partition coefficient (Wildman–Crippen LogP) is 10.5. The smallest absolute Gasteiger partial charge is 0.328 e. The minimum Gasteiger partial charge on any atom is -0.328 e. The quantitative estimate of drug-likeness (QED) is 0.0396. The zero-order valence-electron chi connectivity index (χ0n) is 29.6. The molecule has 0 aromatic carbocycles. The second-order valence-corrected chi connectivity index (χ2v) is 16.7. The van der Waals surface area contributed by atoms with E-state index in [-0.39, 0.29) is 12.6 Å². The maximum atomic E-state index is 13.3. The Morgan fingerprint density at radius 2 is 0.767 bits per heavy atom. The van der Waals surface area contributed by atoms with Crippen LogP contribution >= 0.6 is 15.2 Å². The monoisotopic (exact) mass is 655 g/mol. The third-order valence-electron chi connectivity index (χ3n) is 7.90. The number of hydrogen-bond donors (Lipinski definition) is 0. The molecule has 0 aliphatic heterocycles. The zero-order chi connectivity index (χ0) is 32.3. The molecular weight excluding hydrogens is 582 g/mol. The molecule has 0 atom stereocenters. The lowest BCUT2D eigenvalue weighted by molar-refractivity contribution is -0.890. The van der Waals surface area contributed by atoms with Gasteiger partial charge in [0, 0.05) is 13.0 Å². The average Bonchev–Trinajstić information content (AvgIpc) is 2.93. The van der Waals surface area contributed by atoms with Crippen LogP contribution in [0.25, 0.3) is 0 Å². The summed E-state index contributed by atoms with van der Waals surface area (Å²) in [5, 5.41) is 0. The topological polar surface area (TPSA) is 74.3 Å². The molecule has 0 rings (SSSR count). The Labute approximate surface area is 268 Å². The first-order chi connectivity index (χ1) is 20.6. The molecule has 0 amide bonds. The molecule has 0 unspecified atom stereocenters. The van der Waals surface area contributed by atoms with E-state index in [1.54, 1.807) is 27.7 Å². The maximum Gasteiger partial charge on any atom is 0.344 e. The molecule has 0 N–H and O–H groups in total. The molecule has 0 fully saturated rings. The van der Waals surface area contributed by atoms with Gasteiger partial charge in [0.1, 0.15) is 12.6 Å². The molecule has 0 bridgehead atoms. The summed E-state index contributed by atoms with van der Waals surface area (Å²) in [6, 6.07) is 0. The minimum atomic E-state index is -3.34. The van der Waals surface area contributed by atoms with Crippen LogP contribution in [0.15, 0.2) is 0 Å². The van der Waals surface area contributed by atoms with Gasteiger partial charge in [-0.05, 0) is 40.5 Å². The van der Waals surface area contributed by atoms with E-state index in [0.29, 0.717) is 33.0 Å². The highest BCUT2D eigenvalue weighted by molar-refractivity contribution is 7.54. The summed E-state index contributed by atoms with van der Waals surface area (Å²) >= 11 is 0. The van der Waals surface area contributed by atoms with Gasteiger partial charge in [-0.15, -0.1) is 0 Å². The van der Waals surface area contributed by atoms with Crippen LogP contribution in [0.1, 0.15) is 144 Å². The lowest BCUT2D eigenvalue weighted by Crippen LogP contribution is -2.42. The molecule has 0 aromatic heterocycles. The van der Waals surface area contributed by atoms with Gasteiger partial charge in [0.25, 0.3) is 0 Å². The molecule has 0 heterocycles. The van der Waals surface area contributed by atoms with E-state index in [1.807, 2.05) is 4.90 Å². The van der Waals surface area contributed by atoms with Crippen molar-refractivity contribution in [1.82, 2.24) is 4.90 Å². The SMILES string of the molecule is CCCCCCCCCCCCCCCCCC[N+](C)(C)CCCN(CP(=O)(OCC)OCC)CP(=O)(OCC)OCC. The van der Waals surface area contributed by atoms with Crippen LogP contribution in [0.2, 0.25) is 0 Å². The normalized spacial score (nSPS) is 12.9. The fourth-order valence-corrected chi connectivity index (χ4v) is 9.29. The fraction of sp³-hybridized carbons (Fsp3) is 1.00. The van der Waals surface area contributed by atoms with Crippen LogP contribution in [0, 0.1) is 0 Å². The second-order valence-electron chi connectivity index (χ2n) is 12.6. The molecule has 0 aliphatic carbocycles.